The Morgan fingerprint density at radius 2 is 2.38 bits per heavy atom. The van der Waals surface area contributed by atoms with Gasteiger partial charge in [-0.25, -0.2) is 9.79 Å². The minimum Gasteiger partial charge on any atom is -0.355 e. The normalized spacial score (nSPS) is 14.3. The number of hydrogen-bond acceptors (Lipinski definition) is 5. The Morgan fingerprint density at radius 1 is 1.56 bits per heavy atom. The molecule has 0 radical (unpaired) electrons. The van der Waals surface area contributed by atoms with Crippen LogP contribution in [0.25, 0.3) is 0 Å². The van der Waals surface area contributed by atoms with E-state index < -0.39 is 0 Å². The highest BCUT2D eigenvalue weighted by Crippen LogP contribution is 2.18. The molecule has 0 unspecified atom stereocenters. The van der Waals surface area contributed by atoms with Crippen molar-refractivity contribution in [3.63, 3.8) is 0 Å². The molecule has 1 aromatic rings. The summed E-state index contributed by atoms with van der Waals surface area (Å²) in [5, 5.41) is 0. The van der Waals surface area contributed by atoms with E-state index in [-0.39, 0.29) is 5.69 Å². The van der Waals surface area contributed by atoms with Crippen molar-refractivity contribution in [2.24, 2.45) is 4.99 Å². The first-order valence-electron chi connectivity index (χ1n) is 5.16. The Labute approximate surface area is 93.6 Å². The van der Waals surface area contributed by atoms with Crippen molar-refractivity contribution in [1.82, 2.24) is 19.8 Å². The number of rotatable bonds is 3. The third-order valence-electron chi connectivity index (χ3n) is 2.43. The smallest absolute Gasteiger partial charge is 0.345 e. The minimum atomic E-state index is -0.316. The Balaban J connectivity index is 2.08. The number of fused-ring (bicyclic) bond motifs is 1. The second kappa shape index (κ2) is 4.44. The standard InChI is InChI=1S/C10H15N5O/c1-14(2)3-4-15-6-9-8(12-7-15)5-11-10(16)13-9/h5,7H,3-4,6H2,1-2H3,(H,11,13,16). The minimum absolute atomic E-state index is 0.316. The van der Waals surface area contributed by atoms with Gasteiger partial charge in [0, 0.05) is 13.1 Å². The lowest BCUT2D eigenvalue weighted by Gasteiger charge is -2.24. The average molecular weight is 221 g/mol. The third kappa shape index (κ3) is 2.46. The zero-order valence-electron chi connectivity index (χ0n) is 9.47. The highest BCUT2D eigenvalue weighted by molar-refractivity contribution is 5.65. The van der Waals surface area contributed by atoms with Gasteiger partial charge >= 0.3 is 5.69 Å². The van der Waals surface area contributed by atoms with Crippen molar-refractivity contribution >= 4 is 12.0 Å². The van der Waals surface area contributed by atoms with Crippen LogP contribution in [0.15, 0.2) is 16.0 Å². The van der Waals surface area contributed by atoms with Gasteiger partial charge in [0.05, 0.1) is 24.8 Å². The number of nitrogens with zero attached hydrogens (tertiary/aromatic N) is 4. The molecule has 0 aliphatic carbocycles. The van der Waals surface area contributed by atoms with Crippen LogP contribution in [-0.2, 0) is 6.54 Å². The van der Waals surface area contributed by atoms with E-state index in [0.29, 0.717) is 6.54 Å². The van der Waals surface area contributed by atoms with Gasteiger partial charge in [0.2, 0.25) is 0 Å². The topological polar surface area (TPSA) is 64.6 Å². The summed E-state index contributed by atoms with van der Waals surface area (Å²) in [7, 11) is 4.06. The van der Waals surface area contributed by atoms with Gasteiger partial charge in [0.1, 0.15) is 5.69 Å². The van der Waals surface area contributed by atoms with Crippen LogP contribution in [0.4, 0.5) is 5.69 Å². The monoisotopic (exact) mass is 221 g/mol. The van der Waals surface area contributed by atoms with Crippen LogP contribution in [0.2, 0.25) is 0 Å². The van der Waals surface area contributed by atoms with Gasteiger partial charge in [-0.2, -0.15) is 4.98 Å². The molecule has 0 bridgehead atoms. The Bertz CT molecular complexity index is 451. The summed E-state index contributed by atoms with van der Waals surface area (Å²) in [6.07, 6.45) is 3.31. The summed E-state index contributed by atoms with van der Waals surface area (Å²) in [5.74, 6) is 0. The van der Waals surface area contributed by atoms with Gasteiger partial charge in [-0.1, -0.05) is 0 Å². The number of aliphatic imine (C=N–C) groups is 1. The molecule has 86 valence electrons. The Kier molecular flexibility index (Phi) is 3.00. The van der Waals surface area contributed by atoms with Gasteiger partial charge in [-0.05, 0) is 14.1 Å². The van der Waals surface area contributed by atoms with E-state index in [2.05, 4.69) is 24.8 Å². The highest BCUT2D eigenvalue weighted by atomic mass is 16.1. The fourth-order valence-corrected chi connectivity index (χ4v) is 1.51. The van der Waals surface area contributed by atoms with Crippen LogP contribution in [0.3, 0.4) is 0 Å². The molecule has 6 heteroatoms. The maximum Gasteiger partial charge on any atom is 0.345 e. The molecule has 0 amide bonds. The third-order valence-corrected chi connectivity index (χ3v) is 2.43. The summed E-state index contributed by atoms with van der Waals surface area (Å²) in [6.45, 7) is 2.53. The maximum absolute atomic E-state index is 11.1. The maximum atomic E-state index is 11.1. The largest absolute Gasteiger partial charge is 0.355 e. The van der Waals surface area contributed by atoms with E-state index in [9.17, 15) is 4.79 Å². The lowest BCUT2D eigenvalue weighted by atomic mass is 10.3. The summed E-state index contributed by atoms with van der Waals surface area (Å²) < 4.78 is 0. The lowest BCUT2D eigenvalue weighted by molar-refractivity contribution is 0.326. The summed E-state index contributed by atoms with van der Waals surface area (Å²) >= 11 is 0. The van der Waals surface area contributed by atoms with Crippen LogP contribution in [0.5, 0.6) is 0 Å². The van der Waals surface area contributed by atoms with Gasteiger partial charge in [-0.3, -0.25) is 0 Å². The summed E-state index contributed by atoms with van der Waals surface area (Å²) in [4.78, 5) is 25.8. The number of H-pyrrole nitrogens is 1. The van der Waals surface area contributed by atoms with Crippen molar-refractivity contribution in [2.75, 3.05) is 27.2 Å². The van der Waals surface area contributed by atoms with Crippen LogP contribution in [0.1, 0.15) is 5.69 Å². The van der Waals surface area contributed by atoms with Crippen molar-refractivity contribution < 1.29 is 0 Å². The van der Waals surface area contributed by atoms with Gasteiger partial charge in [0.15, 0.2) is 0 Å². The molecular weight excluding hydrogens is 206 g/mol. The molecule has 1 N–H and O–H groups in total. The van der Waals surface area contributed by atoms with Gasteiger partial charge < -0.3 is 14.8 Å². The van der Waals surface area contributed by atoms with Crippen molar-refractivity contribution in [1.29, 1.82) is 0 Å². The molecule has 2 rings (SSSR count). The number of likely N-dealkylation sites (N-methyl/N-ethyl adjacent to an activating group) is 1. The van der Waals surface area contributed by atoms with E-state index >= 15 is 0 Å². The van der Waals surface area contributed by atoms with Crippen molar-refractivity contribution in [3.05, 3.63) is 22.4 Å². The van der Waals surface area contributed by atoms with Crippen molar-refractivity contribution in [3.8, 4) is 0 Å². The molecule has 0 saturated carbocycles. The zero-order chi connectivity index (χ0) is 11.5. The predicted molar refractivity (Wildman–Crippen MR) is 62.0 cm³/mol. The Hall–Kier alpha value is -1.69. The van der Waals surface area contributed by atoms with Crippen LogP contribution in [-0.4, -0.2) is 53.3 Å². The van der Waals surface area contributed by atoms with E-state index in [1.165, 1.54) is 6.20 Å². The van der Waals surface area contributed by atoms with E-state index in [4.69, 9.17) is 0 Å². The quantitative estimate of drug-likeness (QED) is 0.768. The van der Waals surface area contributed by atoms with E-state index in [0.717, 1.165) is 24.5 Å². The number of aromatic amines is 1. The molecule has 1 aliphatic heterocycles. The SMILES string of the molecule is CN(C)CCN1C=Nc2cnc(=O)[nH]c2C1. The van der Waals surface area contributed by atoms with Gasteiger partial charge in [-0.15, -0.1) is 0 Å². The van der Waals surface area contributed by atoms with Gasteiger partial charge in [0.25, 0.3) is 0 Å². The molecule has 0 atom stereocenters. The molecule has 0 saturated heterocycles. The second-order valence-electron chi connectivity index (χ2n) is 4.07. The van der Waals surface area contributed by atoms with Crippen molar-refractivity contribution in [2.45, 2.75) is 6.54 Å². The molecule has 1 aliphatic rings. The second-order valence-corrected chi connectivity index (χ2v) is 4.07. The fraction of sp³-hybridized carbons (Fsp3) is 0.500. The fourth-order valence-electron chi connectivity index (χ4n) is 1.51. The first-order valence-corrected chi connectivity index (χ1v) is 5.16. The average Bonchev–Trinajstić information content (AvgIpc) is 2.25. The first-order chi connectivity index (χ1) is 7.65. The lowest BCUT2D eigenvalue weighted by Crippen LogP contribution is -2.32. The molecule has 0 aromatic carbocycles. The zero-order valence-corrected chi connectivity index (χ0v) is 9.47. The highest BCUT2D eigenvalue weighted by Gasteiger charge is 2.12. The molecule has 6 nitrogen and oxygen atoms in total. The number of aromatic nitrogens is 2. The summed E-state index contributed by atoms with van der Waals surface area (Å²) in [5.41, 5.74) is 1.27. The van der Waals surface area contributed by atoms with Crippen LogP contribution < -0.4 is 5.69 Å². The first kappa shape index (κ1) is 10.8. The molecule has 1 aromatic heterocycles. The van der Waals surface area contributed by atoms with E-state index in [1.807, 2.05) is 14.1 Å². The predicted octanol–water partition coefficient (Wildman–Crippen LogP) is -0.193. The van der Waals surface area contributed by atoms with E-state index in [1.54, 1.807) is 6.34 Å². The number of hydrogen-bond donors (Lipinski definition) is 1. The molecule has 2 heterocycles. The van der Waals surface area contributed by atoms with Crippen LogP contribution in [0, 0.1) is 0 Å². The molecule has 16 heavy (non-hydrogen) atoms. The molecule has 0 spiro atoms. The molecule has 0 fully saturated rings. The Morgan fingerprint density at radius 3 is 3.12 bits per heavy atom. The number of nitrogens with one attached hydrogen (secondary N) is 1. The summed E-state index contributed by atoms with van der Waals surface area (Å²) in [6, 6.07) is 0. The molecular formula is C10H15N5O. The van der Waals surface area contributed by atoms with Crippen LogP contribution >= 0.6 is 0 Å².